The third-order valence-electron chi connectivity index (χ3n) is 8.29. The molecule has 6 rings (SSSR count). The number of carboxylic acids is 1. The molecule has 0 saturated heterocycles. The third kappa shape index (κ3) is 8.80. The van der Waals surface area contributed by atoms with Crippen molar-refractivity contribution in [1.29, 1.82) is 5.26 Å². The van der Waals surface area contributed by atoms with Crippen molar-refractivity contribution in [3.05, 3.63) is 94.4 Å². The van der Waals surface area contributed by atoms with E-state index in [1.54, 1.807) is 18.2 Å². The van der Waals surface area contributed by atoms with Crippen LogP contribution in [-0.4, -0.2) is 55.6 Å². The zero-order valence-electron chi connectivity index (χ0n) is 26.7. The zero-order chi connectivity index (χ0) is 38.1. The Labute approximate surface area is 295 Å². The minimum atomic E-state index is -4.63. The molecule has 0 radical (unpaired) electrons. The van der Waals surface area contributed by atoms with Crippen molar-refractivity contribution in [3.63, 3.8) is 0 Å². The van der Waals surface area contributed by atoms with E-state index in [0.717, 1.165) is 28.4 Å². The molecule has 2 saturated carbocycles. The van der Waals surface area contributed by atoms with Crippen molar-refractivity contribution in [2.24, 2.45) is 0 Å². The maximum Gasteiger partial charge on any atom is 0.417 e. The molecule has 2 aromatic heterocycles. The summed E-state index contributed by atoms with van der Waals surface area (Å²) >= 11 is 6.07. The van der Waals surface area contributed by atoms with Gasteiger partial charge in [-0.05, 0) is 73.7 Å². The topological polar surface area (TPSA) is 166 Å². The summed E-state index contributed by atoms with van der Waals surface area (Å²) in [6.45, 7) is 0.176. The van der Waals surface area contributed by atoms with Crippen LogP contribution >= 0.6 is 11.6 Å². The molecule has 2 heterocycles. The number of nitriles is 1. The first-order chi connectivity index (χ1) is 24.3. The number of pyridine rings is 1. The summed E-state index contributed by atoms with van der Waals surface area (Å²) in [4.78, 5) is 50.1. The van der Waals surface area contributed by atoms with Crippen molar-refractivity contribution in [2.45, 2.75) is 62.1 Å². The molecular formula is C34H27ClF6N6O5. The average Bonchev–Trinajstić information content (AvgIpc) is 4.00. The number of carbonyl (C=O) groups excluding carboxylic acids is 3. The smallest absolute Gasteiger partial charge is 0.417 e. The molecule has 0 spiro atoms. The minimum Gasteiger partial charge on any atom is -0.480 e. The van der Waals surface area contributed by atoms with E-state index in [2.05, 4.69) is 21.7 Å². The number of aromatic nitrogens is 2. The SMILES string of the molecule is N#Cc1cc2cc(Cl)ccc2n1-c1ccc(CNC(=O)C2(NC(=O)c3cncc(C(F)(F)F)c3)CC2)cc1.O=C(CC(F)(F)F)NC1(C(=O)O)CC1. The highest BCUT2D eigenvalue weighted by Gasteiger charge is 2.53. The van der Waals surface area contributed by atoms with Gasteiger partial charge >= 0.3 is 18.3 Å². The molecule has 0 atom stereocenters. The molecule has 2 aliphatic carbocycles. The predicted octanol–water partition coefficient (Wildman–Crippen LogP) is 5.82. The number of aliphatic carboxylic acids is 1. The Balaban J connectivity index is 0.000000314. The number of hydrogen-bond donors (Lipinski definition) is 4. The molecule has 18 heteroatoms. The van der Waals surface area contributed by atoms with Crippen molar-refractivity contribution in [2.75, 3.05) is 0 Å². The first-order valence-electron chi connectivity index (χ1n) is 15.4. The number of halogens is 7. The molecule has 4 N–H and O–H groups in total. The Morgan fingerprint density at radius 2 is 1.56 bits per heavy atom. The van der Waals surface area contributed by atoms with Crippen LogP contribution in [0.4, 0.5) is 26.3 Å². The maximum absolute atomic E-state index is 12.9. The van der Waals surface area contributed by atoms with E-state index >= 15 is 0 Å². The number of rotatable bonds is 9. The fourth-order valence-corrected chi connectivity index (χ4v) is 5.39. The number of benzene rings is 2. The standard InChI is InChI=1S/C27H19ClF3N5O2.C7H8F3NO3/c28-20-3-6-23-17(10-20)11-22(12-32)36(23)21-4-1-16(2-5-21)13-34-25(38)26(7-8-26)35-24(37)18-9-19(15-33-14-18)27(29,30)31;8-7(9,10)3-4(12)11-6(1-2-6)5(13)14/h1-6,9-11,14-15H,7-8,13H2,(H,34,38)(H,35,37);1-3H2,(H,11,12)(H,13,14). The predicted molar refractivity (Wildman–Crippen MR) is 172 cm³/mol. The van der Waals surface area contributed by atoms with Gasteiger partial charge < -0.3 is 25.6 Å². The molecule has 2 fully saturated rings. The normalized spacial score (nSPS) is 15.3. The quantitative estimate of drug-likeness (QED) is 0.157. The molecular weight excluding hydrogens is 722 g/mol. The van der Waals surface area contributed by atoms with Crippen LogP contribution in [0.15, 0.2) is 67.0 Å². The van der Waals surface area contributed by atoms with Crippen LogP contribution < -0.4 is 16.0 Å². The number of carbonyl (C=O) groups is 4. The van der Waals surface area contributed by atoms with Crippen LogP contribution in [0.25, 0.3) is 16.6 Å². The lowest BCUT2D eigenvalue weighted by atomic mass is 10.1. The largest absolute Gasteiger partial charge is 0.480 e. The van der Waals surface area contributed by atoms with E-state index in [1.807, 2.05) is 40.2 Å². The second-order valence-corrected chi connectivity index (χ2v) is 12.7. The lowest BCUT2D eigenvalue weighted by Crippen LogP contribution is -2.48. The molecule has 0 aliphatic heterocycles. The molecule has 11 nitrogen and oxygen atoms in total. The highest BCUT2D eigenvalue weighted by molar-refractivity contribution is 6.31. The van der Waals surface area contributed by atoms with Gasteiger partial charge in [-0.3, -0.25) is 19.4 Å². The van der Waals surface area contributed by atoms with Crippen molar-refractivity contribution in [3.8, 4) is 11.8 Å². The van der Waals surface area contributed by atoms with Crippen LogP contribution in [0, 0.1) is 11.3 Å². The first kappa shape index (κ1) is 37.6. The average molecular weight is 749 g/mol. The van der Waals surface area contributed by atoms with Crippen LogP contribution in [0.2, 0.25) is 5.02 Å². The zero-order valence-corrected chi connectivity index (χ0v) is 27.4. The Bertz CT molecular complexity index is 2080. The van der Waals surface area contributed by atoms with Gasteiger partial charge in [0.05, 0.1) is 16.6 Å². The van der Waals surface area contributed by atoms with Crippen molar-refractivity contribution >= 4 is 46.2 Å². The van der Waals surface area contributed by atoms with Crippen molar-refractivity contribution in [1.82, 2.24) is 25.5 Å². The summed E-state index contributed by atoms with van der Waals surface area (Å²) in [5, 5.41) is 26.8. The number of nitrogens with one attached hydrogen (secondary N) is 3. The number of nitrogens with zero attached hydrogens (tertiary/aromatic N) is 3. The second kappa shape index (κ2) is 14.2. The Morgan fingerprint density at radius 3 is 2.12 bits per heavy atom. The number of alkyl halides is 6. The van der Waals surface area contributed by atoms with Gasteiger partial charge in [-0.2, -0.15) is 31.6 Å². The van der Waals surface area contributed by atoms with Crippen LogP contribution in [0.5, 0.6) is 0 Å². The van der Waals surface area contributed by atoms with Gasteiger partial charge in [0.1, 0.15) is 29.3 Å². The van der Waals surface area contributed by atoms with E-state index in [0.29, 0.717) is 35.8 Å². The first-order valence-corrected chi connectivity index (χ1v) is 15.8. The van der Waals surface area contributed by atoms with Crippen molar-refractivity contribution < 1.29 is 50.6 Å². The highest BCUT2D eigenvalue weighted by atomic mass is 35.5. The van der Waals surface area contributed by atoms with Gasteiger partial charge in [-0.15, -0.1) is 0 Å². The van der Waals surface area contributed by atoms with Gasteiger partial charge in [0.25, 0.3) is 5.91 Å². The van der Waals surface area contributed by atoms with Gasteiger partial charge in [0.15, 0.2) is 0 Å². The molecule has 0 unspecified atom stereocenters. The van der Waals surface area contributed by atoms with Crippen LogP contribution in [0.3, 0.4) is 0 Å². The number of fused-ring (bicyclic) bond motifs is 1. The van der Waals surface area contributed by atoms with E-state index < -0.39 is 59.1 Å². The maximum atomic E-state index is 12.9. The summed E-state index contributed by atoms with van der Waals surface area (Å²) in [5.41, 5.74) is -1.10. The molecule has 52 heavy (non-hydrogen) atoms. The van der Waals surface area contributed by atoms with Crippen LogP contribution in [0.1, 0.15) is 59.3 Å². The fourth-order valence-electron chi connectivity index (χ4n) is 5.21. The molecule has 2 aromatic carbocycles. The van der Waals surface area contributed by atoms with Gasteiger partial charge in [0, 0.05) is 35.0 Å². The van der Waals surface area contributed by atoms with Gasteiger partial charge in [0.2, 0.25) is 11.8 Å². The summed E-state index contributed by atoms with van der Waals surface area (Å²) in [6.07, 6.45) is -8.09. The Hall–Kier alpha value is -5.63. The fraction of sp³-hybridized carbons (Fsp3) is 0.294. The summed E-state index contributed by atoms with van der Waals surface area (Å²) < 4.78 is 75.7. The Kier molecular flexibility index (Phi) is 10.3. The summed E-state index contributed by atoms with van der Waals surface area (Å²) in [7, 11) is 0. The lowest BCUT2D eigenvalue weighted by Gasteiger charge is -2.18. The molecule has 272 valence electrons. The third-order valence-corrected chi connectivity index (χ3v) is 8.53. The molecule has 4 aromatic rings. The highest BCUT2D eigenvalue weighted by Crippen LogP contribution is 2.37. The second-order valence-electron chi connectivity index (χ2n) is 12.3. The van der Waals surface area contributed by atoms with Crippen LogP contribution in [-0.2, 0) is 27.1 Å². The minimum absolute atomic E-state index is 0.176. The van der Waals surface area contributed by atoms with E-state index in [-0.39, 0.29) is 24.9 Å². The number of hydrogen-bond acceptors (Lipinski definition) is 6. The molecule has 3 amide bonds. The van der Waals surface area contributed by atoms with Gasteiger partial charge in [-0.25, -0.2) is 4.79 Å². The van der Waals surface area contributed by atoms with E-state index in [1.165, 1.54) is 0 Å². The number of amides is 3. The summed E-state index contributed by atoms with van der Waals surface area (Å²) in [5.74, 6) is -3.80. The lowest BCUT2D eigenvalue weighted by molar-refractivity contribution is -0.157. The Morgan fingerprint density at radius 1 is 0.904 bits per heavy atom. The molecule has 2 aliphatic rings. The monoisotopic (exact) mass is 748 g/mol. The number of carboxylic acid groups (broad SMARTS) is 1. The van der Waals surface area contributed by atoms with E-state index in [9.17, 15) is 50.8 Å². The van der Waals surface area contributed by atoms with E-state index in [4.69, 9.17) is 16.7 Å². The molecule has 0 bridgehead atoms. The van der Waals surface area contributed by atoms with Gasteiger partial charge in [-0.1, -0.05) is 23.7 Å². The summed E-state index contributed by atoms with van der Waals surface area (Å²) in [6, 6.07) is 17.3.